The summed E-state index contributed by atoms with van der Waals surface area (Å²) in [6.07, 6.45) is -1.11. The van der Waals surface area contributed by atoms with Gasteiger partial charge in [0.1, 0.15) is 17.7 Å². The molecule has 0 saturated carbocycles. The Hall–Kier alpha value is -1.16. The maximum atomic E-state index is 13.6. The minimum Gasteiger partial charge on any atom is -0.496 e. The molecule has 0 aliphatic heterocycles. The van der Waals surface area contributed by atoms with Gasteiger partial charge in [0.25, 0.3) is 0 Å². The van der Waals surface area contributed by atoms with Gasteiger partial charge in [0.05, 0.1) is 7.11 Å². The second-order valence-corrected chi connectivity index (χ2v) is 3.39. The summed E-state index contributed by atoms with van der Waals surface area (Å²) in [6.45, 7) is 1.83. The van der Waals surface area contributed by atoms with Crippen molar-refractivity contribution in [2.24, 2.45) is 5.73 Å². The molecule has 1 atom stereocenters. The minimum atomic E-state index is -1.28. The summed E-state index contributed by atoms with van der Waals surface area (Å²) in [5, 5.41) is 0. The minimum absolute atomic E-state index is 0.166. The van der Waals surface area contributed by atoms with E-state index in [2.05, 4.69) is 0 Å². The molecule has 2 N–H and O–H groups in total. The number of rotatable bonds is 4. The molecule has 0 radical (unpaired) electrons. The van der Waals surface area contributed by atoms with Crippen LogP contribution in [0.3, 0.4) is 0 Å². The van der Waals surface area contributed by atoms with Gasteiger partial charge in [0, 0.05) is 5.56 Å². The molecule has 0 saturated heterocycles. The maximum Gasteiger partial charge on any atom is 0.130 e. The Labute approximate surface area is 88.0 Å². The molecule has 1 aromatic carbocycles. The van der Waals surface area contributed by atoms with Crippen molar-refractivity contribution in [1.29, 1.82) is 0 Å². The van der Waals surface area contributed by atoms with Crippen molar-refractivity contribution in [3.8, 4) is 5.75 Å². The predicted molar refractivity (Wildman–Crippen MR) is 55.2 cm³/mol. The van der Waals surface area contributed by atoms with E-state index in [0.29, 0.717) is 11.3 Å². The topological polar surface area (TPSA) is 35.2 Å². The Morgan fingerprint density at radius 2 is 2.13 bits per heavy atom. The van der Waals surface area contributed by atoms with Crippen LogP contribution in [-0.2, 0) is 0 Å². The number of hydrogen-bond donors (Lipinski definition) is 1. The molecule has 1 unspecified atom stereocenters. The van der Waals surface area contributed by atoms with E-state index in [-0.39, 0.29) is 18.5 Å². The van der Waals surface area contributed by atoms with E-state index >= 15 is 0 Å². The van der Waals surface area contributed by atoms with Gasteiger partial charge in [-0.3, -0.25) is 0 Å². The highest BCUT2D eigenvalue weighted by molar-refractivity contribution is 5.39. The lowest BCUT2D eigenvalue weighted by Crippen LogP contribution is -2.05. The quantitative estimate of drug-likeness (QED) is 0.837. The van der Waals surface area contributed by atoms with Gasteiger partial charge in [-0.25, -0.2) is 8.78 Å². The number of methoxy groups -OCH3 is 1. The first-order valence-electron chi connectivity index (χ1n) is 4.78. The third-order valence-corrected chi connectivity index (χ3v) is 2.27. The highest BCUT2D eigenvalue weighted by Crippen LogP contribution is 2.31. The zero-order valence-electron chi connectivity index (χ0n) is 8.89. The molecule has 15 heavy (non-hydrogen) atoms. The van der Waals surface area contributed by atoms with Gasteiger partial charge in [0.15, 0.2) is 0 Å². The van der Waals surface area contributed by atoms with Gasteiger partial charge in [-0.05, 0) is 37.6 Å². The Morgan fingerprint density at radius 3 is 2.67 bits per heavy atom. The van der Waals surface area contributed by atoms with E-state index in [4.69, 9.17) is 10.5 Å². The molecule has 2 nitrogen and oxygen atoms in total. The molecule has 0 bridgehead atoms. The van der Waals surface area contributed by atoms with Crippen LogP contribution in [0.5, 0.6) is 5.75 Å². The fraction of sp³-hybridized carbons (Fsp3) is 0.455. The normalized spacial score (nSPS) is 12.6. The van der Waals surface area contributed by atoms with Gasteiger partial charge in [-0.2, -0.15) is 0 Å². The number of benzene rings is 1. The number of hydrogen-bond acceptors (Lipinski definition) is 2. The molecule has 0 aliphatic carbocycles. The molecule has 0 fully saturated rings. The fourth-order valence-corrected chi connectivity index (χ4v) is 1.39. The van der Waals surface area contributed by atoms with Crippen molar-refractivity contribution in [2.45, 2.75) is 19.5 Å². The second-order valence-electron chi connectivity index (χ2n) is 3.39. The second kappa shape index (κ2) is 5.07. The van der Waals surface area contributed by atoms with Crippen LogP contribution in [0.4, 0.5) is 8.78 Å². The van der Waals surface area contributed by atoms with Gasteiger partial charge < -0.3 is 10.5 Å². The molecule has 1 aromatic rings. The number of halogens is 2. The number of aryl methyl sites for hydroxylation is 1. The van der Waals surface area contributed by atoms with Crippen molar-refractivity contribution < 1.29 is 13.5 Å². The van der Waals surface area contributed by atoms with Crippen LogP contribution in [0, 0.1) is 12.7 Å². The molecule has 4 heteroatoms. The van der Waals surface area contributed by atoms with Gasteiger partial charge in [-0.1, -0.05) is 0 Å². The van der Waals surface area contributed by atoms with Crippen LogP contribution in [0.25, 0.3) is 0 Å². The smallest absolute Gasteiger partial charge is 0.130 e. The van der Waals surface area contributed by atoms with E-state index in [1.165, 1.54) is 19.2 Å². The lowest BCUT2D eigenvalue weighted by atomic mass is 10.0. The summed E-state index contributed by atoms with van der Waals surface area (Å²) in [6, 6.07) is 2.67. The molecule has 84 valence electrons. The van der Waals surface area contributed by atoms with Crippen molar-refractivity contribution in [1.82, 2.24) is 0 Å². The lowest BCUT2D eigenvalue weighted by Gasteiger charge is -2.13. The van der Waals surface area contributed by atoms with E-state index in [9.17, 15) is 8.78 Å². The van der Waals surface area contributed by atoms with Crippen LogP contribution in [0.1, 0.15) is 23.7 Å². The van der Waals surface area contributed by atoms with Crippen molar-refractivity contribution in [2.75, 3.05) is 13.7 Å². The Kier molecular flexibility index (Phi) is 4.03. The fourth-order valence-electron chi connectivity index (χ4n) is 1.39. The average Bonchev–Trinajstić information content (AvgIpc) is 2.21. The summed E-state index contributed by atoms with van der Waals surface area (Å²) >= 11 is 0. The highest BCUT2D eigenvalue weighted by Gasteiger charge is 2.16. The number of ether oxygens (including phenoxy) is 1. The van der Waals surface area contributed by atoms with Gasteiger partial charge in [-0.15, -0.1) is 0 Å². The van der Waals surface area contributed by atoms with Crippen LogP contribution in [0.2, 0.25) is 0 Å². The van der Waals surface area contributed by atoms with E-state index in [1.807, 2.05) is 0 Å². The van der Waals surface area contributed by atoms with Crippen LogP contribution in [-0.4, -0.2) is 13.7 Å². The third-order valence-electron chi connectivity index (χ3n) is 2.27. The van der Waals surface area contributed by atoms with Crippen molar-refractivity contribution in [3.05, 3.63) is 29.1 Å². The summed E-state index contributed by atoms with van der Waals surface area (Å²) in [5.41, 5.74) is 5.92. The molecule has 0 heterocycles. The average molecular weight is 215 g/mol. The highest BCUT2D eigenvalue weighted by atomic mass is 19.1. The van der Waals surface area contributed by atoms with E-state index < -0.39 is 12.0 Å². The third kappa shape index (κ3) is 2.65. The molecule has 0 aromatic heterocycles. The largest absolute Gasteiger partial charge is 0.496 e. The van der Waals surface area contributed by atoms with E-state index in [1.54, 1.807) is 6.92 Å². The first kappa shape index (κ1) is 11.9. The summed E-state index contributed by atoms with van der Waals surface area (Å²) in [7, 11) is 1.44. The zero-order chi connectivity index (χ0) is 11.4. The molecule has 1 rings (SSSR count). The lowest BCUT2D eigenvalue weighted by molar-refractivity contribution is 0.309. The standard InChI is InChI=1S/C11H15F2NO/c1-7-5-11(15-2)8(6-10(7)13)9(12)3-4-14/h5-6,9H,3-4,14H2,1-2H3. The van der Waals surface area contributed by atoms with Crippen LogP contribution >= 0.6 is 0 Å². The maximum absolute atomic E-state index is 13.6. The van der Waals surface area contributed by atoms with Crippen molar-refractivity contribution in [3.63, 3.8) is 0 Å². The molecule has 0 aliphatic rings. The van der Waals surface area contributed by atoms with Crippen molar-refractivity contribution >= 4 is 0 Å². The first-order valence-corrected chi connectivity index (χ1v) is 4.78. The summed E-state index contributed by atoms with van der Waals surface area (Å²) < 4.78 is 31.8. The SMILES string of the molecule is COc1cc(C)c(F)cc1C(F)CCN. The summed E-state index contributed by atoms with van der Waals surface area (Å²) in [5.74, 6) is -0.0553. The molecule has 0 amide bonds. The monoisotopic (exact) mass is 215 g/mol. The van der Waals surface area contributed by atoms with Gasteiger partial charge in [0.2, 0.25) is 0 Å². The Morgan fingerprint density at radius 1 is 1.47 bits per heavy atom. The van der Waals surface area contributed by atoms with E-state index in [0.717, 1.165) is 0 Å². The van der Waals surface area contributed by atoms with Crippen LogP contribution in [0.15, 0.2) is 12.1 Å². The molecular weight excluding hydrogens is 200 g/mol. The Balaban J connectivity index is 3.09. The van der Waals surface area contributed by atoms with Crippen LogP contribution < -0.4 is 10.5 Å². The predicted octanol–water partition coefficient (Wildman–Crippen LogP) is 2.50. The van der Waals surface area contributed by atoms with Gasteiger partial charge >= 0.3 is 0 Å². The zero-order valence-corrected chi connectivity index (χ0v) is 8.89. The summed E-state index contributed by atoms with van der Waals surface area (Å²) in [4.78, 5) is 0. The Bertz CT molecular complexity index is 342. The molecular formula is C11H15F2NO. The molecule has 0 spiro atoms. The number of nitrogens with two attached hydrogens (primary N) is 1. The number of alkyl halides is 1. The first-order chi connectivity index (χ1) is 7.10.